The van der Waals surface area contributed by atoms with Crippen LogP contribution >= 0.6 is 0 Å². The summed E-state index contributed by atoms with van der Waals surface area (Å²) in [4.78, 5) is 100. The largest absolute Gasteiger partial charge is 0.383 e. The smallest absolute Gasteiger partial charge is 0.228 e. The molecule has 13 aromatic rings. The van der Waals surface area contributed by atoms with E-state index in [1.807, 2.05) is 69.4 Å². The lowest BCUT2D eigenvalue weighted by atomic mass is 10.1. The summed E-state index contributed by atoms with van der Waals surface area (Å²) in [6.45, 7) is 30.3. The standard InChI is InChI=1S/C22H24N8O.C19H24N8O.C18H24N8O2.C18H24N8O/c1-14-17(12-24-21(23)26-14)18-19-20(28-22(27-18)29-8-10-31-11-9-29)30(13-25-19)15(2)16-6-4-3-5-7-16;1-11-14(9-21-18(20)23-11)15-16-17(27(10-22-16)12(2)13-3-4-13)25-19(24-15)26-5-7-28-8-6-26;1-11(9-27-3)26-10-21-15-14(13-8-20-17(19)22-12(13)2)23-18(24-16(15)26)25-4-6-28-7-5-25;1-4-11(2)26-10-21-15-14(13-9-20-17(19)22-12(13)3)23-18(24-16(15)26)25-5-7-27-8-6-25/h3-7,12-13,15H,8-11H2,1-2H3,(H2,23,24,26);9-10,12-13H,3-8H2,1-2H3,(H2,20,21,23);8,10-11H,4-7,9H2,1-3H3,(H2,19,20,22);9-11H,4-8H2,1-3H3,(H2,19,20,22). The van der Waals surface area contributed by atoms with Crippen molar-refractivity contribution in [3.8, 4) is 45.0 Å². The van der Waals surface area contributed by atoms with Crippen LogP contribution in [0.15, 0.2) is 80.4 Å². The Bertz CT molecular complexity index is 5530. The molecule has 4 atom stereocenters. The number of rotatable bonds is 17. The molecular formula is C77H96N32O5. The van der Waals surface area contributed by atoms with Gasteiger partial charge in [0.1, 0.15) is 44.8 Å². The van der Waals surface area contributed by atoms with Gasteiger partial charge in [0.2, 0.25) is 47.6 Å². The van der Waals surface area contributed by atoms with Crippen LogP contribution in [0.4, 0.5) is 47.6 Å². The van der Waals surface area contributed by atoms with Gasteiger partial charge in [-0.3, -0.25) is 0 Å². The SMILES string of the molecule is CCC(C)n1cnc2c(-c3cnc(N)nc3C)nc(N3CCOCC3)nc21.COCC(C)n1cnc2c(-c3cnc(N)nc3C)nc(N3CCOCC3)nc21.Cc1nc(N)ncc1-c1nc(N2CCOCC2)nc2c1ncn2C(C)C1CC1.Cc1nc(N)ncc1-c1nc(N2CCOCC2)nc2c1ncn2C(C)c1ccccc1. The van der Waals surface area contributed by atoms with Gasteiger partial charge in [0.25, 0.3) is 0 Å². The molecule has 1 aromatic carbocycles. The summed E-state index contributed by atoms with van der Waals surface area (Å²) >= 11 is 0. The summed E-state index contributed by atoms with van der Waals surface area (Å²) in [5, 5.41) is 0. The molecule has 594 valence electrons. The number of nitrogens with zero attached hydrogens (tertiary/aromatic N) is 28. The third kappa shape index (κ3) is 16.4. The highest BCUT2D eigenvalue weighted by Gasteiger charge is 2.33. The molecule has 4 unspecified atom stereocenters. The number of anilines is 8. The van der Waals surface area contributed by atoms with Crippen LogP contribution in [0.1, 0.15) is 106 Å². The van der Waals surface area contributed by atoms with Gasteiger partial charge in [-0.1, -0.05) is 37.3 Å². The van der Waals surface area contributed by atoms with Crippen molar-refractivity contribution in [3.63, 3.8) is 0 Å². The fraction of sp³-hybridized carbons (Fsp3) is 0.455. The normalized spacial score (nSPS) is 16.4. The van der Waals surface area contributed by atoms with Crippen LogP contribution < -0.4 is 42.5 Å². The van der Waals surface area contributed by atoms with Crippen LogP contribution in [0.5, 0.6) is 0 Å². The Morgan fingerprint density at radius 2 is 0.684 bits per heavy atom. The van der Waals surface area contributed by atoms with Gasteiger partial charge in [-0.2, -0.15) is 19.9 Å². The third-order valence-electron chi connectivity index (χ3n) is 21.2. The van der Waals surface area contributed by atoms with E-state index in [-0.39, 0.29) is 35.9 Å². The second kappa shape index (κ2) is 34.1. The number of nitrogens with two attached hydrogens (primary N) is 4. The van der Waals surface area contributed by atoms with Crippen LogP contribution in [-0.2, 0) is 23.7 Å². The zero-order valence-corrected chi connectivity index (χ0v) is 65.9. The number of aromatic nitrogens is 24. The van der Waals surface area contributed by atoms with Crippen LogP contribution in [0.25, 0.3) is 89.7 Å². The van der Waals surface area contributed by atoms with Gasteiger partial charge >= 0.3 is 0 Å². The Morgan fingerprint density at radius 1 is 0.386 bits per heavy atom. The zero-order chi connectivity index (χ0) is 79.3. The number of benzene rings is 1. The van der Waals surface area contributed by atoms with Gasteiger partial charge in [0.15, 0.2) is 22.6 Å². The first-order chi connectivity index (χ1) is 55.4. The lowest BCUT2D eigenvalue weighted by Crippen LogP contribution is -2.37. The molecule has 18 rings (SSSR count). The van der Waals surface area contributed by atoms with Crippen molar-refractivity contribution in [1.29, 1.82) is 0 Å². The number of methoxy groups -OCH3 is 1. The molecule has 1 aliphatic carbocycles. The summed E-state index contributed by atoms with van der Waals surface area (Å²) in [7, 11) is 1.68. The summed E-state index contributed by atoms with van der Waals surface area (Å²) in [6.07, 6.45) is 17.7. The highest BCUT2D eigenvalue weighted by molar-refractivity contribution is 5.92. The van der Waals surface area contributed by atoms with Crippen LogP contribution in [-0.4, -0.2) is 237 Å². The van der Waals surface area contributed by atoms with E-state index >= 15 is 0 Å². The quantitative estimate of drug-likeness (QED) is 0.0675. The van der Waals surface area contributed by atoms with E-state index < -0.39 is 0 Å². The number of nitrogen functional groups attached to an aromatic ring is 4. The first-order valence-corrected chi connectivity index (χ1v) is 38.6. The summed E-state index contributed by atoms with van der Waals surface area (Å²) in [5.41, 5.74) is 39.6. The highest BCUT2D eigenvalue weighted by Crippen LogP contribution is 2.42. The second-order valence-electron chi connectivity index (χ2n) is 28.8. The molecule has 8 N–H and O–H groups in total. The molecule has 37 heteroatoms. The lowest BCUT2D eigenvalue weighted by molar-refractivity contribution is 0.122. The van der Waals surface area contributed by atoms with Crippen molar-refractivity contribution in [2.75, 3.05) is 161 Å². The van der Waals surface area contributed by atoms with Crippen molar-refractivity contribution < 1.29 is 23.7 Å². The third-order valence-corrected chi connectivity index (χ3v) is 21.2. The molecule has 0 spiro atoms. The molecule has 4 aliphatic heterocycles. The number of ether oxygens (including phenoxy) is 5. The van der Waals surface area contributed by atoms with Crippen LogP contribution in [0.2, 0.25) is 0 Å². The van der Waals surface area contributed by atoms with E-state index in [2.05, 4.69) is 135 Å². The summed E-state index contributed by atoms with van der Waals surface area (Å²) < 4.78 is 35.7. The van der Waals surface area contributed by atoms with E-state index in [0.717, 1.165) is 154 Å². The monoisotopic (exact) mass is 1550 g/mol. The minimum atomic E-state index is 0.0650. The summed E-state index contributed by atoms with van der Waals surface area (Å²) in [6, 6.07) is 11.1. The van der Waals surface area contributed by atoms with Gasteiger partial charge in [0.05, 0.1) is 120 Å². The fourth-order valence-corrected chi connectivity index (χ4v) is 14.3. The number of imidazole rings is 4. The average Bonchev–Trinajstić information content (AvgIpc) is 1.57. The number of hydrogen-bond donors (Lipinski definition) is 4. The zero-order valence-electron chi connectivity index (χ0n) is 65.9. The topological polar surface area (TPSA) is 441 Å². The van der Waals surface area contributed by atoms with E-state index in [9.17, 15) is 0 Å². The molecule has 1 saturated carbocycles. The molecule has 12 aromatic heterocycles. The van der Waals surface area contributed by atoms with Crippen LogP contribution in [0, 0.1) is 33.6 Å². The predicted molar refractivity (Wildman–Crippen MR) is 433 cm³/mol. The van der Waals surface area contributed by atoms with E-state index in [1.165, 1.54) is 18.4 Å². The van der Waals surface area contributed by atoms with E-state index in [4.69, 9.17) is 91.5 Å². The van der Waals surface area contributed by atoms with Gasteiger partial charge < -0.3 is 84.5 Å². The molecule has 0 radical (unpaired) electrons. The van der Waals surface area contributed by atoms with Crippen molar-refractivity contribution in [2.45, 2.75) is 106 Å². The molecule has 5 aliphatic rings. The molecule has 0 bridgehead atoms. The van der Waals surface area contributed by atoms with Gasteiger partial charge in [-0.15, -0.1) is 0 Å². The minimum Gasteiger partial charge on any atom is -0.383 e. The van der Waals surface area contributed by atoms with Crippen molar-refractivity contribution >= 4 is 92.2 Å². The number of fused-ring (bicyclic) bond motifs is 4. The first-order valence-electron chi connectivity index (χ1n) is 38.6. The number of hydrogen-bond acceptors (Lipinski definition) is 33. The molecular weight excluding hydrogens is 1450 g/mol. The molecule has 16 heterocycles. The Balaban J connectivity index is 0.000000120. The van der Waals surface area contributed by atoms with Crippen LogP contribution in [0.3, 0.4) is 0 Å². The number of morpholine rings is 4. The average molecular weight is 1550 g/mol. The molecule has 0 amide bonds. The Labute approximate surface area is 657 Å². The predicted octanol–water partition coefficient (Wildman–Crippen LogP) is 7.80. The molecule has 5 fully saturated rings. The fourth-order valence-electron chi connectivity index (χ4n) is 14.3. The highest BCUT2D eigenvalue weighted by atomic mass is 16.5. The maximum absolute atomic E-state index is 5.78. The maximum Gasteiger partial charge on any atom is 0.228 e. The van der Waals surface area contributed by atoms with E-state index in [0.29, 0.717) is 118 Å². The van der Waals surface area contributed by atoms with E-state index in [1.54, 1.807) is 38.2 Å². The van der Waals surface area contributed by atoms with Gasteiger partial charge in [0, 0.05) is 119 Å². The molecule has 4 saturated heterocycles. The minimum absolute atomic E-state index is 0.0650. The van der Waals surface area contributed by atoms with Gasteiger partial charge in [-0.25, -0.2) is 79.7 Å². The Morgan fingerprint density at radius 3 is 0.991 bits per heavy atom. The maximum atomic E-state index is 5.78. The second-order valence-corrected chi connectivity index (χ2v) is 28.8. The van der Waals surface area contributed by atoms with Crippen molar-refractivity contribution in [1.82, 2.24) is 118 Å². The summed E-state index contributed by atoms with van der Waals surface area (Å²) in [5.74, 6) is 4.37. The Hall–Kier alpha value is -12.1. The molecule has 37 nitrogen and oxygen atoms in total. The van der Waals surface area contributed by atoms with Crippen molar-refractivity contribution in [3.05, 3.63) is 109 Å². The lowest BCUT2D eigenvalue weighted by Gasteiger charge is -2.27. The van der Waals surface area contributed by atoms with Gasteiger partial charge in [-0.05, 0) is 86.1 Å². The molecule has 114 heavy (non-hydrogen) atoms. The first kappa shape index (κ1) is 77.3. The Kier molecular flexibility index (Phi) is 23.1. The van der Waals surface area contributed by atoms with Crippen molar-refractivity contribution in [2.24, 2.45) is 5.92 Å². The number of aryl methyl sites for hydroxylation is 4.